The second-order valence-electron chi connectivity index (χ2n) is 3.48. The molecule has 2 atom stereocenters. The van der Waals surface area contributed by atoms with Gasteiger partial charge in [0.2, 0.25) is 0 Å². The van der Waals surface area contributed by atoms with Crippen LogP contribution >= 0.6 is 23.2 Å². The van der Waals surface area contributed by atoms with E-state index in [-0.39, 0.29) is 16.3 Å². The summed E-state index contributed by atoms with van der Waals surface area (Å²) in [7, 11) is -0.781. The zero-order chi connectivity index (χ0) is 12.1. The Morgan fingerprint density at radius 3 is 2.81 bits per heavy atom. The van der Waals surface area contributed by atoms with Gasteiger partial charge < -0.3 is 5.32 Å². The molecule has 0 aromatic carbocycles. The molecule has 0 spiro atoms. The van der Waals surface area contributed by atoms with Crippen molar-refractivity contribution in [2.75, 3.05) is 17.3 Å². The first-order chi connectivity index (χ1) is 7.49. The number of hydrogen-bond acceptors (Lipinski definition) is 4. The number of nitrogens with zero attached hydrogens (tertiary/aromatic N) is 2. The highest BCUT2D eigenvalue weighted by molar-refractivity contribution is 7.84. The Morgan fingerprint density at radius 1 is 1.50 bits per heavy atom. The molecule has 1 rings (SSSR count). The summed E-state index contributed by atoms with van der Waals surface area (Å²) < 4.78 is 10.9. The van der Waals surface area contributed by atoms with Crippen LogP contribution in [0.2, 0.25) is 10.3 Å². The van der Waals surface area contributed by atoms with Gasteiger partial charge in [0.1, 0.15) is 0 Å². The zero-order valence-electron chi connectivity index (χ0n) is 9.04. The molecule has 0 bridgehead atoms. The Kier molecular flexibility index (Phi) is 5.44. The molecule has 0 aliphatic rings. The third-order valence-electron chi connectivity index (χ3n) is 1.96. The van der Waals surface area contributed by atoms with Gasteiger partial charge in [0.15, 0.2) is 10.3 Å². The maximum absolute atomic E-state index is 10.9. The van der Waals surface area contributed by atoms with Crippen LogP contribution in [0, 0.1) is 0 Å². The monoisotopic (exact) mass is 281 g/mol. The Hall–Kier alpha value is -0.390. The summed E-state index contributed by atoms with van der Waals surface area (Å²) in [6, 6.07) is 1.78. The predicted molar refractivity (Wildman–Crippen MR) is 68.7 cm³/mol. The molecule has 2 unspecified atom stereocenters. The summed E-state index contributed by atoms with van der Waals surface area (Å²) in [5.74, 6) is 0.651. The smallest absolute Gasteiger partial charge is 0.174 e. The van der Waals surface area contributed by atoms with Crippen LogP contribution in [0.5, 0.6) is 0 Å². The van der Waals surface area contributed by atoms with Crippen molar-refractivity contribution in [2.24, 2.45) is 0 Å². The molecule has 0 saturated carbocycles. The SMILES string of the molecule is CC(CCS(C)=O)Nc1cc(Cl)nnc1Cl. The van der Waals surface area contributed by atoms with Crippen molar-refractivity contribution in [1.29, 1.82) is 0 Å². The fraction of sp³-hybridized carbons (Fsp3) is 0.556. The summed E-state index contributed by atoms with van der Waals surface area (Å²) in [6.07, 6.45) is 2.48. The van der Waals surface area contributed by atoms with Crippen LogP contribution in [0.15, 0.2) is 6.07 Å². The lowest BCUT2D eigenvalue weighted by Crippen LogP contribution is -2.18. The number of anilines is 1. The molecule has 16 heavy (non-hydrogen) atoms. The van der Waals surface area contributed by atoms with Gasteiger partial charge in [-0.3, -0.25) is 4.21 Å². The normalized spacial score (nSPS) is 14.5. The molecule has 1 N–H and O–H groups in total. The average molecular weight is 282 g/mol. The van der Waals surface area contributed by atoms with E-state index in [1.807, 2.05) is 6.92 Å². The quantitative estimate of drug-likeness (QED) is 0.900. The van der Waals surface area contributed by atoms with Crippen LogP contribution in [-0.4, -0.2) is 32.5 Å². The van der Waals surface area contributed by atoms with Crippen molar-refractivity contribution < 1.29 is 4.21 Å². The van der Waals surface area contributed by atoms with Gasteiger partial charge in [0, 0.05) is 34.9 Å². The van der Waals surface area contributed by atoms with Gasteiger partial charge in [-0.1, -0.05) is 23.2 Å². The van der Waals surface area contributed by atoms with Gasteiger partial charge >= 0.3 is 0 Å². The molecule has 90 valence electrons. The first kappa shape index (κ1) is 13.7. The van der Waals surface area contributed by atoms with E-state index in [0.717, 1.165) is 6.42 Å². The number of halogens is 2. The van der Waals surface area contributed by atoms with E-state index in [9.17, 15) is 4.21 Å². The van der Waals surface area contributed by atoms with E-state index in [2.05, 4.69) is 15.5 Å². The molecule has 7 heteroatoms. The highest BCUT2D eigenvalue weighted by Crippen LogP contribution is 2.21. The van der Waals surface area contributed by atoms with Crippen molar-refractivity contribution in [3.63, 3.8) is 0 Å². The topological polar surface area (TPSA) is 54.9 Å². The first-order valence-corrected chi connectivity index (χ1v) is 7.22. The summed E-state index contributed by atoms with van der Waals surface area (Å²) in [5.41, 5.74) is 0.649. The minimum absolute atomic E-state index is 0.154. The van der Waals surface area contributed by atoms with Crippen molar-refractivity contribution in [2.45, 2.75) is 19.4 Å². The third-order valence-corrected chi connectivity index (χ3v) is 3.23. The van der Waals surface area contributed by atoms with E-state index >= 15 is 0 Å². The Labute approximate surface area is 107 Å². The first-order valence-electron chi connectivity index (χ1n) is 4.74. The van der Waals surface area contributed by atoms with Crippen molar-refractivity contribution in [3.8, 4) is 0 Å². The van der Waals surface area contributed by atoms with Crippen molar-refractivity contribution >= 4 is 39.7 Å². The number of nitrogens with one attached hydrogen (secondary N) is 1. The second kappa shape index (κ2) is 6.37. The Bertz CT molecular complexity index is 389. The minimum atomic E-state index is -0.781. The summed E-state index contributed by atoms with van der Waals surface area (Å²) in [5, 5.41) is 11.0. The largest absolute Gasteiger partial charge is 0.380 e. The predicted octanol–water partition coefficient (Wildman–Crippen LogP) is 2.35. The fourth-order valence-corrected chi connectivity index (χ4v) is 2.11. The molecule has 0 saturated heterocycles. The molecule has 0 aliphatic heterocycles. The number of rotatable bonds is 5. The zero-order valence-corrected chi connectivity index (χ0v) is 11.4. The summed E-state index contributed by atoms with van der Waals surface area (Å²) in [6.45, 7) is 1.98. The molecular formula is C9H13Cl2N3OS. The third kappa shape index (κ3) is 4.63. The maximum Gasteiger partial charge on any atom is 0.174 e. The van der Waals surface area contributed by atoms with Crippen molar-refractivity contribution in [3.05, 3.63) is 16.4 Å². The van der Waals surface area contributed by atoms with Gasteiger partial charge in [-0.25, -0.2) is 0 Å². The van der Waals surface area contributed by atoms with Crippen LogP contribution in [0.25, 0.3) is 0 Å². The van der Waals surface area contributed by atoms with E-state index in [1.165, 1.54) is 0 Å². The minimum Gasteiger partial charge on any atom is -0.380 e. The van der Waals surface area contributed by atoms with Gasteiger partial charge in [-0.05, 0) is 13.3 Å². The molecule has 1 aromatic rings. The summed E-state index contributed by atoms with van der Waals surface area (Å²) in [4.78, 5) is 0. The maximum atomic E-state index is 10.9. The molecule has 0 fully saturated rings. The van der Waals surface area contributed by atoms with E-state index < -0.39 is 10.8 Å². The van der Waals surface area contributed by atoms with Crippen molar-refractivity contribution in [1.82, 2.24) is 10.2 Å². The van der Waals surface area contributed by atoms with E-state index in [1.54, 1.807) is 12.3 Å². The lowest BCUT2D eigenvalue weighted by molar-refractivity contribution is 0.678. The van der Waals surface area contributed by atoms with Crippen LogP contribution in [-0.2, 0) is 10.8 Å². The Morgan fingerprint density at radius 2 is 2.19 bits per heavy atom. The van der Waals surface area contributed by atoms with Gasteiger partial charge in [-0.15, -0.1) is 10.2 Å². The molecule has 0 radical (unpaired) electrons. The average Bonchev–Trinajstić information content (AvgIpc) is 2.20. The molecule has 1 heterocycles. The highest BCUT2D eigenvalue weighted by atomic mass is 35.5. The van der Waals surface area contributed by atoms with E-state index in [4.69, 9.17) is 23.2 Å². The number of hydrogen-bond donors (Lipinski definition) is 1. The fourth-order valence-electron chi connectivity index (χ4n) is 1.13. The summed E-state index contributed by atoms with van der Waals surface area (Å²) >= 11 is 11.6. The van der Waals surface area contributed by atoms with Gasteiger partial charge in [0.05, 0.1) is 5.69 Å². The Balaban J connectivity index is 2.58. The van der Waals surface area contributed by atoms with E-state index in [0.29, 0.717) is 11.4 Å². The van der Waals surface area contributed by atoms with Gasteiger partial charge in [0.25, 0.3) is 0 Å². The van der Waals surface area contributed by atoms with Crippen LogP contribution < -0.4 is 5.32 Å². The molecule has 4 nitrogen and oxygen atoms in total. The van der Waals surface area contributed by atoms with Crippen LogP contribution in [0.1, 0.15) is 13.3 Å². The lowest BCUT2D eigenvalue weighted by atomic mass is 10.2. The van der Waals surface area contributed by atoms with Gasteiger partial charge in [-0.2, -0.15) is 0 Å². The molecule has 0 aliphatic carbocycles. The molecule has 1 aromatic heterocycles. The number of aromatic nitrogens is 2. The lowest BCUT2D eigenvalue weighted by Gasteiger charge is -2.14. The second-order valence-corrected chi connectivity index (χ2v) is 5.78. The molecular weight excluding hydrogens is 269 g/mol. The van der Waals surface area contributed by atoms with Crippen LogP contribution in [0.4, 0.5) is 5.69 Å². The standard InChI is InChI=1S/C9H13Cl2N3OS/c1-6(3-4-16(2)15)12-7-5-8(10)13-14-9(7)11/h5-6H,3-4H2,1-2H3,(H,12,13). The molecule has 0 amide bonds. The van der Waals surface area contributed by atoms with Crippen LogP contribution in [0.3, 0.4) is 0 Å². The highest BCUT2D eigenvalue weighted by Gasteiger charge is 2.08.